The number of para-hydroxylation sites is 1. The molecule has 28 heavy (non-hydrogen) atoms. The van der Waals surface area contributed by atoms with Crippen molar-refractivity contribution >= 4 is 5.91 Å². The number of hydrogen-bond acceptors (Lipinski definition) is 4. The normalized spacial score (nSPS) is 13.1. The maximum atomic E-state index is 13.0. The van der Waals surface area contributed by atoms with E-state index in [4.69, 9.17) is 9.47 Å². The third kappa shape index (κ3) is 3.15. The molecule has 1 aliphatic heterocycles. The highest BCUT2D eigenvalue weighted by Crippen LogP contribution is 2.25. The van der Waals surface area contributed by atoms with Crippen LogP contribution in [0.3, 0.4) is 0 Å². The molecule has 1 amide bonds. The maximum absolute atomic E-state index is 13.0. The molecule has 2 heterocycles. The monoisotopic (exact) mass is 379 g/mol. The number of amides is 1. The summed E-state index contributed by atoms with van der Waals surface area (Å²) in [6.07, 6.45) is 0.594. The lowest BCUT2D eigenvalue weighted by atomic mass is 10.1. The molecule has 0 atom stereocenters. The third-order valence-electron chi connectivity index (χ3n) is 4.95. The lowest BCUT2D eigenvalue weighted by Crippen LogP contribution is -2.37. The molecular formula is C21H21N3O4. The molecule has 0 fully saturated rings. The zero-order valence-corrected chi connectivity index (χ0v) is 15.8. The summed E-state index contributed by atoms with van der Waals surface area (Å²) < 4.78 is 12.0. The summed E-state index contributed by atoms with van der Waals surface area (Å²) in [5, 5.41) is 3.18. The van der Waals surface area contributed by atoms with Crippen LogP contribution in [0.1, 0.15) is 21.6 Å². The van der Waals surface area contributed by atoms with Crippen LogP contribution in [-0.2, 0) is 13.0 Å². The van der Waals surface area contributed by atoms with Crippen molar-refractivity contribution < 1.29 is 14.3 Å². The van der Waals surface area contributed by atoms with E-state index in [-0.39, 0.29) is 18.0 Å². The van der Waals surface area contributed by atoms with E-state index < -0.39 is 0 Å². The fourth-order valence-corrected chi connectivity index (χ4v) is 3.45. The van der Waals surface area contributed by atoms with E-state index in [0.717, 1.165) is 11.4 Å². The summed E-state index contributed by atoms with van der Waals surface area (Å²) in [5.74, 6) is 0.941. The number of H-pyrrole nitrogens is 1. The van der Waals surface area contributed by atoms with Crippen LogP contribution in [0.5, 0.6) is 11.5 Å². The molecule has 2 aromatic carbocycles. The molecule has 7 nitrogen and oxygen atoms in total. The Morgan fingerprint density at radius 1 is 1.04 bits per heavy atom. The van der Waals surface area contributed by atoms with E-state index in [0.29, 0.717) is 35.6 Å². The summed E-state index contributed by atoms with van der Waals surface area (Å²) in [6.45, 7) is 0.795. The minimum Gasteiger partial charge on any atom is -0.497 e. The highest BCUT2D eigenvalue weighted by molar-refractivity contribution is 5.95. The Kier molecular flexibility index (Phi) is 4.65. The van der Waals surface area contributed by atoms with Gasteiger partial charge in [-0.3, -0.25) is 14.7 Å². The minimum atomic E-state index is -0.158. The Labute approximate surface area is 162 Å². The molecule has 0 radical (unpaired) electrons. The number of carbonyl (C=O) groups excluding carboxylic acids is 1. The van der Waals surface area contributed by atoms with Crippen LogP contribution in [0.15, 0.2) is 53.3 Å². The topological polar surface area (TPSA) is 76.6 Å². The van der Waals surface area contributed by atoms with Gasteiger partial charge in [0.2, 0.25) is 0 Å². The van der Waals surface area contributed by atoms with E-state index in [9.17, 15) is 9.59 Å². The summed E-state index contributed by atoms with van der Waals surface area (Å²) in [4.78, 5) is 27.6. The van der Waals surface area contributed by atoms with Gasteiger partial charge in [0.15, 0.2) is 0 Å². The first-order valence-corrected chi connectivity index (χ1v) is 9.01. The first-order chi connectivity index (χ1) is 13.6. The van der Waals surface area contributed by atoms with Crippen molar-refractivity contribution in [1.29, 1.82) is 0 Å². The lowest BCUT2D eigenvalue weighted by molar-refractivity contribution is 0.0733. The van der Waals surface area contributed by atoms with E-state index in [1.807, 2.05) is 30.3 Å². The molecule has 7 heteroatoms. The third-order valence-corrected chi connectivity index (χ3v) is 4.95. The second-order valence-corrected chi connectivity index (χ2v) is 6.62. The van der Waals surface area contributed by atoms with Crippen LogP contribution in [0.25, 0.3) is 5.69 Å². The second-order valence-electron chi connectivity index (χ2n) is 6.62. The van der Waals surface area contributed by atoms with Gasteiger partial charge in [-0.05, 0) is 24.3 Å². The van der Waals surface area contributed by atoms with E-state index >= 15 is 0 Å². The molecule has 0 saturated carbocycles. The Balaban J connectivity index is 1.63. The zero-order chi connectivity index (χ0) is 19.7. The Morgan fingerprint density at radius 3 is 2.36 bits per heavy atom. The van der Waals surface area contributed by atoms with Crippen LogP contribution in [0.2, 0.25) is 0 Å². The van der Waals surface area contributed by atoms with Gasteiger partial charge in [0.25, 0.3) is 11.5 Å². The fraction of sp³-hybridized carbons (Fsp3) is 0.238. The highest BCUT2D eigenvalue weighted by Gasteiger charge is 2.27. The van der Waals surface area contributed by atoms with Crippen molar-refractivity contribution in [3.63, 3.8) is 0 Å². The lowest BCUT2D eigenvalue weighted by Gasteiger charge is -2.26. The van der Waals surface area contributed by atoms with Gasteiger partial charge in [0.05, 0.1) is 32.0 Å². The number of hydrogen-bond donors (Lipinski definition) is 1. The highest BCUT2D eigenvalue weighted by atomic mass is 16.5. The van der Waals surface area contributed by atoms with Crippen molar-refractivity contribution in [3.8, 4) is 17.2 Å². The average Bonchev–Trinajstić information content (AvgIpc) is 3.09. The van der Waals surface area contributed by atoms with Gasteiger partial charge in [-0.2, -0.15) is 0 Å². The number of nitrogens with zero attached hydrogens (tertiary/aromatic N) is 2. The van der Waals surface area contributed by atoms with Crippen molar-refractivity contribution in [2.24, 2.45) is 0 Å². The van der Waals surface area contributed by atoms with Crippen LogP contribution in [0.4, 0.5) is 0 Å². The van der Waals surface area contributed by atoms with Crippen molar-refractivity contribution in [3.05, 3.63) is 75.7 Å². The number of aromatic nitrogens is 2. The largest absolute Gasteiger partial charge is 0.497 e. The summed E-state index contributed by atoms with van der Waals surface area (Å²) in [7, 11) is 3.09. The van der Waals surface area contributed by atoms with Crippen LogP contribution in [0, 0.1) is 0 Å². The molecule has 3 aromatic rings. The summed E-state index contributed by atoms with van der Waals surface area (Å²) >= 11 is 0. The van der Waals surface area contributed by atoms with Crippen molar-refractivity contribution in [2.75, 3.05) is 20.8 Å². The van der Waals surface area contributed by atoms with E-state index in [2.05, 4.69) is 5.10 Å². The number of rotatable bonds is 4. The van der Waals surface area contributed by atoms with Gasteiger partial charge in [0, 0.05) is 30.3 Å². The van der Waals surface area contributed by atoms with Gasteiger partial charge >= 0.3 is 0 Å². The number of benzene rings is 2. The Hall–Kier alpha value is -3.48. The minimum absolute atomic E-state index is 0.123. The fourth-order valence-electron chi connectivity index (χ4n) is 3.45. The van der Waals surface area contributed by atoms with Gasteiger partial charge in [-0.1, -0.05) is 18.2 Å². The number of nitrogens with one attached hydrogen (secondary N) is 1. The van der Waals surface area contributed by atoms with Crippen molar-refractivity contribution in [1.82, 2.24) is 14.7 Å². The SMILES string of the molecule is COc1cc(OC)cc(C(=O)N2CCc3[nH]n(-c4ccccc4)c(=O)c3C2)c1. The molecule has 0 saturated heterocycles. The molecule has 1 aliphatic rings. The maximum Gasteiger partial charge on any atom is 0.276 e. The standard InChI is InChI=1S/C21H21N3O4/c1-27-16-10-14(11-17(12-16)28-2)20(25)23-9-8-19-18(13-23)21(26)24(22-19)15-6-4-3-5-7-15/h3-7,10-12,22H,8-9,13H2,1-2H3. The van der Waals surface area contributed by atoms with Gasteiger partial charge in [-0.25, -0.2) is 4.68 Å². The zero-order valence-electron chi connectivity index (χ0n) is 15.8. The molecule has 0 unspecified atom stereocenters. The van der Waals surface area contributed by atoms with Crippen LogP contribution >= 0.6 is 0 Å². The van der Waals surface area contributed by atoms with Crippen molar-refractivity contribution in [2.45, 2.75) is 13.0 Å². The molecule has 1 N–H and O–H groups in total. The molecular weight excluding hydrogens is 358 g/mol. The van der Waals surface area contributed by atoms with Crippen LogP contribution < -0.4 is 15.0 Å². The van der Waals surface area contributed by atoms with E-state index in [1.54, 1.807) is 37.3 Å². The molecule has 4 rings (SSSR count). The summed E-state index contributed by atoms with van der Waals surface area (Å²) in [5.41, 5.74) is 2.62. The predicted molar refractivity (Wildman–Crippen MR) is 104 cm³/mol. The van der Waals surface area contributed by atoms with Gasteiger partial charge in [0.1, 0.15) is 11.5 Å². The predicted octanol–water partition coefficient (Wildman–Crippen LogP) is 2.38. The first-order valence-electron chi connectivity index (χ1n) is 9.01. The number of ether oxygens (including phenoxy) is 2. The average molecular weight is 379 g/mol. The second kappa shape index (κ2) is 7.26. The van der Waals surface area contributed by atoms with Gasteiger partial charge < -0.3 is 14.4 Å². The molecule has 0 spiro atoms. The first kappa shape index (κ1) is 17.9. The van der Waals surface area contributed by atoms with Crippen LogP contribution in [-0.4, -0.2) is 41.4 Å². The molecule has 0 aliphatic carbocycles. The van der Waals surface area contributed by atoms with Gasteiger partial charge in [-0.15, -0.1) is 0 Å². The molecule has 1 aromatic heterocycles. The smallest absolute Gasteiger partial charge is 0.276 e. The molecule has 0 bridgehead atoms. The Bertz CT molecular complexity index is 1050. The summed E-state index contributed by atoms with van der Waals surface area (Å²) in [6, 6.07) is 14.5. The quantitative estimate of drug-likeness (QED) is 0.755. The Morgan fingerprint density at radius 2 is 1.71 bits per heavy atom. The van der Waals surface area contributed by atoms with E-state index in [1.165, 1.54) is 4.68 Å². The number of fused-ring (bicyclic) bond motifs is 1. The number of carbonyl (C=O) groups is 1. The molecule has 144 valence electrons. The number of aromatic amines is 1. The number of methoxy groups -OCH3 is 2.